The van der Waals surface area contributed by atoms with Crippen molar-refractivity contribution in [3.05, 3.63) is 29.8 Å². The Bertz CT molecular complexity index is 672. The molecule has 2 atom stereocenters. The van der Waals surface area contributed by atoms with Gasteiger partial charge in [0.05, 0.1) is 0 Å². The van der Waals surface area contributed by atoms with Gasteiger partial charge in [-0.15, -0.1) is 0 Å². The summed E-state index contributed by atoms with van der Waals surface area (Å²) in [5.74, 6) is 0.357. The van der Waals surface area contributed by atoms with E-state index < -0.39 is 6.09 Å². The Kier molecular flexibility index (Phi) is 8.35. The molecule has 6 heteroatoms. The van der Waals surface area contributed by atoms with E-state index in [1.807, 2.05) is 12.1 Å². The van der Waals surface area contributed by atoms with Crippen LogP contribution in [0, 0.1) is 5.41 Å². The first kappa shape index (κ1) is 22.7. The van der Waals surface area contributed by atoms with Crippen LogP contribution in [0.2, 0.25) is 0 Å². The predicted octanol–water partition coefficient (Wildman–Crippen LogP) is 5.85. The van der Waals surface area contributed by atoms with Crippen molar-refractivity contribution < 1.29 is 14.7 Å². The van der Waals surface area contributed by atoms with Gasteiger partial charge >= 0.3 is 6.09 Å². The van der Waals surface area contributed by atoms with Crippen LogP contribution < -0.4 is 5.32 Å². The van der Waals surface area contributed by atoms with E-state index >= 15 is 0 Å². The van der Waals surface area contributed by atoms with Crippen LogP contribution in [0.15, 0.2) is 24.3 Å². The first-order chi connectivity index (χ1) is 13.2. The van der Waals surface area contributed by atoms with Gasteiger partial charge in [0.25, 0.3) is 0 Å². The van der Waals surface area contributed by atoms with Gasteiger partial charge in [-0.05, 0) is 54.7 Å². The number of hydrogen-bond donors (Lipinski definition) is 2. The van der Waals surface area contributed by atoms with E-state index in [-0.39, 0.29) is 17.4 Å². The molecule has 5 nitrogen and oxygen atoms in total. The second-order valence-electron chi connectivity index (χ2n) is 8.75. The van der Waals surface area contributed by atoms with Gasteiger partial charge in [0, 0.05) is 30.0 Å². The molecule has 0 radical (unpaired) electrons. The van der Waals surface area contributed by atoms with E-state index in [4.69, 9.17) is 0 Å². The Morgan fingerprint density at radius 3 is 2.64 bits per heavy atom. The van der Waals surface area contributed by atoms with Crippen molar-refractivity contribution in [2.45, 2.75) is 71.3 Å². The lowest BCUT2D eigenvalue weighted by Gasteiger charge is -2.44. The lowest BCUT2D eigenvalue weighted by molar-refractivity contribution is -0.116. The fraction of sp³-hybridized carbons (Fsp3) is 0.636. The van der Waals surface area contributed by atoms with Crippen LogP contribution >= 0.6 is 15.9 Å². The number of unbranched alkanes of at least 4 members (excludes halogenated alkanes) is 2. The molecule has 0 spiro atoms. The van der Waals surface area contributed by atoms with Crippen LogP contribution in [0.3, 0.4) is 0 Å². The number of halogens is 1. The number of nitrogens with one attached hydrogen (secondary N) is 1. The Labute approximate surface area is 177 Å². The standard InChI is InChI=1S/C22H33BrN2O3/c1-22(2,3)19-15-17(11-13-25(19)21(27)28)16-8-7-9-18(14-16)24-20(26)10-5-4-6-12-23/h7-9,14,17,19H,4-6,10-13,15H2,1-3H3,(H,24,26)(H,27,28). The fourth-order valence-corrected chi connectivity index (χ4v) is 4.37. The Morgan fingerprint density at radius 1 is 1.25 bits per heavy atom. The molecule has 1 saturated heterocycles. The van der Waals surface area contributed by atoms with Gasteiger partial charge in [-0.1, -0.05) is 55.3 Å². The highest BCUT2D eigenvalue weighted by molar-refractivity contribution is 9.09. The zero-order valence-corrected chi connectivity index (χ0v) is 18.8. The molecule has 1 aromatic rings. The summed E-state index contributed by atoms with van der Waals surface area (Å²) in [5, 5.41) is 13.5. The number of likely N-dealkylation sites (tertiary alicyclic amines) is 1. The quantitative estimate of drug-likeness (QED) is 0.402. The molecule has 156 valence electrons. The summed E-state index contributed by atoms with van der Waals surface area (Å²) in [5.41, 5.74) is 1.89. The van der Waals surface area contributed by atoms with Crippen molar-refractivity contribution in [2.24, 2.45) is 5.41 Å². The summed E-state index contributed by atoms with van der Waals surface area (Å²) >= 11 is 3.41. The maximum absolute atomic E-state index is 12.2. The van der Waals surface area contributed by atoms with Gasteiger partial charge in [-0.3, -0.25) is 4.79 Å². The number of amides is 2. The Morgan fingerprint density at radius 2 is 2.00 bits per heavy atom. The molecule has 2 unspecified atom stereocenters. The topological polar surface area (TPSA) is 69.6 Å². The molecule has 2 N–H and O–H groups in total. The summed E-state index contributed by atoms with van der Waals surface area (Å²) < 4.78 is 0. The molecule has 2 rings (SSSR count). The number of rotatable bonds is 7. The highest BCUT2D eigenvalue weighted by atomic mass is 79.9. The van der Waals surface area contributed by atoms with Crippen molar-refractivity contribution in [1.29, 1.82) is 0 Å². The molecule has 2 amide bonds. The van der Waals surface area contributed by atoms with Crippen LogP contribution in [0.4, 0.5) is 10.5 Å². The number of carbonyl (C=O) groups excluding carboxylic acids is 1. The maximum atomic E-state index is 12.2. The fourth-order valence-electron chi connectivity index (χ4n) is 3.97. The SMILES string of the molecule is CC(C)(C)C1CC(c2cccc(NC(=O)CCCCCBr)c2)CCN1C(=O)O. The van der Waals surface area contributed by atoms with Crippen LogP contribution in [0.1, 0.15) is 70.8 Å². The van der Waals surface area contributed by atoms with E-state index in [0.717, 1.165) is 43.1 Å². The normalized spacial score (nSPS) is 20.1. The Hall–Kier alpha value is -1.56. The summed E-state index contributed by atoms with van der Waals surface area (Å²) in [6.45, 7) is 6.85. The smallest absolute Gasteiger partial charge is 0.407 e. The van der Waals surface area contributed by atoms with E-state index in [2.05, 4.69) is 54.2 Å². The first-order valence-corrected chi connectivity index (χ1v) is 11.3. The van der Waals surface area contributed by atoms with Crippen molar-refractivity contribution in [1.82, 2.24) is 4.90 Å². The predicted molar refractivity (Wildman–Crippen MR) is 117 cm³/mol. The molecule has 0 aromatic heterocycles. The van der Waals surface area contributed by atoms with Crippen LogP contribution in [0.5, 0.6) is 0 Å². The third-order valence-electron chi connectivity index (χ3n) is 5.53. The molecule has 28 heavy (non-hydrogen) atoms. The lowest BCUT2D eigenvalue weighted by atomic mass is 9.75. The molecule has 0 saturated carbocycles. The monoisotopic (exact) mass is 452 g/mol. The summed E-state index contributed by atoms with van der Waals surface area (Å²) in [7, 11) is 0. The van der Waals surface area contributed by atoms with Crippen molar-refractivity contribution in [2.75, 3.05) is 17.2 Å². The number of benzene rings is 1. The molecule has 1 heterocycles. The van der Waals surface area contributed by atoms with Gasteiger partial charge in [-0.2, -0.15) is 0 Å². The summed E-state index contributed by atoms with van der Waals surface area (Å²) in [6.07, 6.45) is 4.36. The van der Waals surface area contributed by atoms with Gasteiger partial charge in [-0.25, -0.2) is 4.79 Å². The molecule has 1 aliphatic rings. The zero-order chi connectivity index (χ0) is 20.7. The number of hydrogen-bond acceptors (Lipinski definition) is 2. The third-order valence-corrected chi connectivity index (χ3v) is 6.09. The van der Waals surface area contributed by atoms with Gasteiger partial charge in [0.15, 0.2) is 0 Å². The molecule has 1 aliphatic heterocycles. The summed E-state index contributed by atoms with van der Waals surface area (Å²) in [4.78, 5) is 25.4. The average Bonchev–Trinajstić information content (AvgIpc) is 2.64. The number of alkyl halides is 1. The third kappa shape index (κ3) is 6.50. The highest BCUT2D eigenvalue weighted by Crippen LogP contribution is 2.39. The minimum absolute atomic E-state index is 0.0172. The van der Waals surface area contributed by atoms with Crippen molar-refractivity contribution in [3.8, 4) is 0 Å². The molecule has 1 fully saturated rings. The first-order valence-electron chi connectivity index (χ1n) is 10.2. The number of piperidine rings is 1. The second kappa shape index (κ2) is 10.3. The average molecular weight is 453 g/mol. The van der Waals surface area contributed by atoms with E-state index in [9.17, 15) is 14.7 Å². The second-order valence-corrected chi connectivity index (χ2v) is 9.55. The van der Waals surface area contributed by atoms with Gasteiger partial charge in [0.2, 0.25) is 5.91 Å². The summed E-state index contributed by atoms with van der Waals surface area (Å²) in [6, 6.07) is 8.03. The van der Waals surface area contributed by atoms with E-state index in [1.165, 1.54) is 5.56 Å². The molecular weight excluding hydrogens is 420 g/mol. The number of carboxylic acid groups (broad SMARTS) is 1. The van der Waals surface area contributed by atoms with Crippen LogP contribution in [-0.2, 0) is 4.79 Å². The highest BCUT2D eigenvalue weighted by Gasteiger charge is 2.39. The lowest BCUT2D eigenvalue weighted by Crippen LogP contribution is -2.51. The van der Waals surface area contributed by atoms with Crippen LogP contribution in [0.25, 0.3) is 0 Å². The number of carbonyl (C=O) groups is 2. The molecule has 0 aliphatic carbocycles. The zero-order valence-electron chi connectivity index (χ0n) is 17.2. The van der Waals surface area contributed by atoms with Crippen LogP contribution in [-0.4, -0.2) is 39.9 Å². The largest absolute Gasteiger partial charge is 0.465 e. The molecule has 1 aromatic carbocycles. The number of anilines is 1. The minimum atomic E-state index is -0.834. The minimum Gasteiger partial charge on any atom is -0.465 e. The number of nitrogens with zero attached hydrogens (tertiary/aromatic N) is 1. The van der Waals surface area contributed by atoms with Gasteiger partial charge < -0.3 is 15.3 Å². The molecular formula is C22H33BrN2O3. The molecule has 0 bridgehead atoms. The van der Waals surface area contributed by atoms with E-state index in [0.29, 0.717) is 18.9 Å². The Balaban J connectivity index is 2.03. The van der Waals surface area contributed by atoms with E-state index in [1.54, 1.807) is 4.90 Å². The maximum Gasteiger partial charge on any atom is 0.407 e. The van der Waals surface area contributed by atoms with Gasteiger partial charge in [0.1, 0.15) is 0 Å². The van der Waals surface area contributed by atoms with Crippen molar-refractivity contribution in [3.63, 3.8) is 0 Å². The van der Waals surface area contributed by atoms with Crippen molar-refractivity contribution >= 4 is 33.6 Å².